The predicted molar refractivity (Wildman–Crippen MR) is 93.0 cm³/mol. The molecule has 1 aliphatic rings. The zero-order valence-corrected chi connectivity index (χ0v) is 15.0. The van der Waals surface area contributed by atoms with Crippen LogP contribution in [0.2, 0.25) is 0 Å². The molecule has 128 valence electrons. The van der Waals surface area contributed by atoms with E-state index in [2.05, 4.69) is 6.92 Å². The van der Waals surface area contributed by atoms with Gasteiger partial charge in [-0.05, 0) is 42.9 Å². The highest BCUT2D eigenvalue weighted by Crippen LogP contribution is 2.20. The molecule has 0 unspecified atom stereocenters. The fourth-order valence-electron chi connectivity index (χ4n) is 2.94. The van der Waals surface area contributed by atoms with Gasteiger partial charge in [-0.15, -0.1) is 0 Å². The van der Waals surface area contributed by atoms with E-state index in [1.807, 2.05) is 19.1 Å². The first kappa shape index (κ1) is 17.8. The third-order valence-electron chi connectivity index (χ3n) is 4.32. The topological polar surface area (TPSA) is 57.7 Å². The summed E-state index contributed by atoms with van der Waals surface area (Å²) < 4.78 is 25.5. The molecule has 2 rings (SSSR count). The molecule has 1 fully saturated rings. The van der Waals surface area contributed by atoms with Crippen LogP contribution in [0.5, 0.6) is 0 Å². The number of benzene rings is 1. The molecule has 0 aliphatic carbocycles. The molecular weight excluding hydrogens is 312 g/mol. The Morgan fingerprint density at radius 1 is 1.30 bits per heavy atom. The first-order valence-electron chi connectivity index (χ1n) is 8.15. The molecule has 0 saturated carbocycles. The molecule has 0 aromatic heterocycles. The van der Waals surface area contributed by atoms with Crippen molar-refractivity contribution in [2.75, 3.05) is 30.2 Å². The number of aryl methyl sites for hydroxylation is 1. The zero-order valence-electron chi connectivity index (χ0n) is 14.2. The number of piperidine rings is 1. The number of anilines is 1. The van der Waals surface area contributed by atoms with Crippen LogP contribution in [-0.4, -0.2) is 45.1 Å². The van der Waals surface area contributed by atoms with Gasteiger partial charge in [-0.2, -0.15) is 0 Å². The largest absolute Gasteiger partial charge is 0.341 e. The summed E-state index contributed by atoms with van der Waals surface area (Å²) in [5.74, 6) is 0.352. The monoisotopic (exact) mass is 338 g/mol. The minimum Gasteiger partial charge on any atom is -0.341 e. The fourth-order valence-corrected chi connectivity index (χ4v) is 3.79. The van der Waals surface area contributed by atoms with E-state index >= 15 is 0 Å². The molecule has 1 amide bonds. The lowest BCUT2D eigenvalue weighted by Crippen LogP contribution is -2.46. The van der Waals surface area contributed by atoms with E-state index in [9.17, 15) is 13.2 Å². The van der Waals surface area contributed by atoms with Crippen molar-refractivity contribution in [3.8, 4) is 0 Å². The van der Waals surface area contributed by atoms with Crippen LogP contribution in [0.4, 0.5) is 5.69 Å². The molecule has 1 saturated heterocycles. The lowest BCUT2D eigenvalue weighted by Gasteiger charge is -2.33. The third-order valence-corrected chi connectivity index (χ3v) is 5.46. The van der Waals surface area contributed by atoms with Crippen molar-refractivity contribution in [1.82, 2.24) is 4.90 Å². The summed E-state index contributed by atoms with van der Waals surface area (Å²) in [7, 11) is -3.50. The molecule has 0 bridgehead atoms. The maximum Gasteiger partial charge on any atom is 0.243 e. The predicted octanol–water partition coefficient (Wildman–Crippen LogP) is 2.27. The Bertz CT molecular complexity index is 640. The number of nitrogens with zero attached hydrogens (tertiary/aromatic N) is 2. The number of rotatable bonds is 5. The molecule has 5 nitrogen and oxygen atoms in total. The first-order valence-corrected chi connectivity index (χ1v) is 10.0. The van der Waals surface area contributed by atoms with Gasteiger partial charge in [0.2, 0.25) is 15.9 Å². The maximum absolute atomic E-state index is 12.5. The minimum absolute atomic E-state index is 0.124. The van der Waals surface area contributed by atoms with E-state index in [0.29, 0.717) is 18.2 Å². The highest BCUT2D eigenvalue weighted by molar-refractivity contribution is 7.92. The summed E-state index contributed by atoms with van der Waals surface area (Å²) in [5, 5.41) is 0. The van der Waals surface area contributed by atoms with Crippen LogP contribution in [0.3, 0.4) is 0 Å². The molecule has 1 atom stereocenters. The second-order valence-corrected chi connectivity index (χ2v) is 8.28. The Hall–Kier alpha value is -1.56. The summed E-state index contributed by atoms with van der Waals surface area (Å²) in [5.41, 5.74) is 1.68. The average Bonchev–Trinajstić information content (AvgIpc) is 2.51. The number of hydrogen-bond acceptors (Lipinski definition) is 3. The lowest BCUT2D eigenvalue weighted by atomic mass is 10.0. The molecule has 1 aromatic carbocycles. The highest BCUT2D eigenvalue weighted by atomic mass is 32.2. The van der Waals surface area contributed by atoms with Gasteiger partial charge in [0, 0.05) is 13.1 Å². The Morgan fingerprint density at radius 2 is 1.96 bits per heavy atom. The Balaban J connectivity index is 2.17. The van der Waals surface area contributed by atoms with Crippen LogP contribution in [0.1, 0.15) is 32.3 Å². The summed E-state index contributed by atoms with van der Waals surface area (Å²) in [4.78, 5) is 14.3. The van der Waals surface area contributed by atoms with Gasteiger partial charge in [0.15, 0.2) is 0 Å². The Labute approximate surface area is 139 Å². The molecule has 6 heteroatoms. The number of likely N-dealkylation sites (tertiary alicyclic amines) is 1. The number of hydrogen-bond donors (Lipinski definition) is 0. The van der Waals surface area contributed by atoms with Crippen molar-refractivity contribution >= 4 is 21.6 Å². The number of sulfonamides is 1. The standard InChI is InChI=1S/C17H26N2O3S/c1-4-15-7-9-16(10-8-15)19(23(3,21)22)13-17(20)18-11-5-6-14(2)12-18/h7-10,14H,4-6,11-13H2,1-3H3/t14-/m1/s1. The Morgan fingerprint density at radius 3 is 2.48 bits per heavy atom. The van der Waals surface area contributed by atoms with Gasteiger partial charge in [-0.1, -0.05) is 26.0 Å². The summed E-state index contributed by atoms with van der Waals surface area (Å²) in [6.45, 7) is 5.47. The first-order chi connectivity index (χ1) is 10.8. The summed E-state index contributed by atoms with van der Waals surface area (Å²) in [6.07, 6.45) is 4.14. The maximum atomic E-state index is 12.5. The van der Waals surface area contributed by atoms with Crippen molar-refractivity contribution < 1.29 is 13.2 Å². The van der Waals surface area contributed by atoms with Gasteiger partial charge in [0.1, 0.15) is 6.54 Å². The molecular formula is C17H26N2O3S. The number of carbonyl (C=O) groups excluding carboxylic acids is 1. The minimum atomic E-state index is -3.50. The van der Waals surface area contributed by atoms with Crippen molar-refractivity contribution in [3.05, 3.63) is 29.8 Å². The smallest absolute Gasteiger partial charge is 0.243 e. The number of amides is 1. The van der Waals surface area contributed by atoms with E-state index in [-0.39, 0.29) is 12.5 Å². The lowest BCUT2D eigenvalue weighted by molar-refractivity contribution is -0.131. The van der Waals surface area contributed by atoms with Crippen molar-refractivity contribution in [2.45, 2.75) is 33.1 Å². The van der Waals surface area contributed by atoms with Crippen molar-refractivity contribution in [3.63, 3.8) is 0 Å². The number of carbonyl (C=O) groups is 1. The quantitative estimate of drug-likeness (QED) is 0.827. The van der Waals surface area contributed by atoms with Crippen molar-refractivity contribution in [1.29, 1.82) is 0 Å². The zero-order chi connectivity index (χ0) is 17.0. The molecule has 1 aliphatic heterocycles. The molecule has 1 aromatic rings. The van der Waals surface area contributed by atoms with Crippen molar-refractivity contribution in [2.24, 2.45) is 5.92 Å². The molecule has 0 N–H and O–H groups in total. The van der Waals surface area contributed by atoms with Gasteiger partial charge in [-0.25, -0.2) is 8.42 Å². The molecule has 0 radical (unpaired) electrons. The summed E-state index contributed by atoms with van der Waals surface area (Å²) >= 11 is 0. The second-order valence-electron chi connectivity index (χ2n) is 6.38. The van der Waals surface area contributed by atoms with Crippen LogP contribution in [0, 0.1) is 5.92 Å². The van der Waals surface area contributed by atoms with Gasteiger partial charge in [-0.3, -0.25) is 9.10 Å². The third kappa shape index (κ3) is 4.70. The van der Waals surface area contributed by atoms with Crippen LogP contribution in [-0.2, 0) is 21.2 Å². The van der Waals surface area contributed by atoms with E-state index < -0.39 is 10.0 Å². The second kappa shape index (κ2) is 7.34. The SMILES string of the molecule is CCc1ccc(N(CC(=O)N2CCC[C@@H](C)C2)S(C)(=O)=O)cc1. The molecule has 0 spiro atoms. The highest BCUT2D eigenvalue weighted by Gasteiger charge is 2.26. The van der Waals surface area contributed by atoms with Crippen LogP contribution >= 0.6 is 0 Å². The Kier molecular flexibility index (Phi) is 5.68. The van der Waals surface area contributed by atoms with Gasteiger partial charge >= 0.3 is 0 Å². The van der Waals surface area contributed by atoms with E-state index in [1.165, 1.54) is 4.31 Å². The van der Waals surface area contributed by atoms with Crippen LogP contribution in [0.15, 0.2) is 24.3 Å². The summed E-state index contributed by atoms with van der Waals surface area (Å²) in [6, 6.07) is 7.35. The average molecular weight is 338 g/mol. The normalized spacial score (nSPS) is 18.7. The van der Waals surface area contributed by atoms with Gasteiger partial charge in [0.25, 0.3) is 0 Å². The van der Waals surface area contributed by atoms with E-state index in [1.54, 1.807) is 17.0 Å². The van der Waals surface area contributed by atoms with Crippen LogP contribution in [0.25, 0.3) is 0 Å². The van der Waals surface area contributed by atoms with E-state index in [4.69, 9.17) is 0 Å². The van der Waals surface area contributed by atoms with E-state index in [0.717, 1.165) is 37.6 Å². The molecule has 23 heavy (non-hydrogen) atoms. The fraction of sp³-hybridized carbons (Fsp3) is 0.588. The van der Waals surface area contributed by atoms with Gasteiger partial charge < -0.3 is 4.90 Å². The van der Waals surface area contributed by atoms with Gasteiger partial charge in [0.05, 0.1) is 11.9 Å². The molecule has 1 heterocycles. The van der Waals surface area contributed by atoms with Crippen LogP contribution < -0.4 is 4.31 Å².